The minimum atomic E-state index is -0.00779. The van der Waals surface area contributed by atoms with Gasteiger partial charge in [0.1, 0.15) is 16.7 Å². The van der Waals surface area contributed by atoms with Crippen molar-refractivity contribution in [3.63, 3.8) is 0 Å². The molecule has 1 aliphatic rings. The van der Waals surface area contributed by atoms with E-state index in [1.807, 2.05) is 16.5 Å². The lowest BCUT2D eigenvalue weighted by Crippen LogP contribution is -2.48. The van der Waals surface area contributed by atoms with Crippen molar-refractivity contribution in [3.8, 4) is 0 Å². The molecule has 22 heavy (non-hydrogen) atoms. The smallest absolute Gasteiger partial charge is 0.270 e. The molecule has 3 heterocycles. The molecule has 1 amide bonds. The summed E-state index contributed by atoms with van der Waals surface area (Å²) in [6.07, 6.45) is 3.28. The first kappa shape index (κ1) is 15.4. The first-order chi connectivity index (χ1) is 10.5. The summed E-state index contributed by atoms with van der Waals surface area (Å²) in [7, 11) is 1.90. The number of carbonyl (C=O) groups is 1. The fourth-order valence-corrected chi connectivity index (χ4v) is 2.85. The van der Waals surface area contributed by atoms with Crippen molar-refractivity contribution < 1.29 is 4.79 Å². The molecular weight excluding hydrogens is 325 g/mol. The Morgan fingerprint density at radius 3 is 2.59 bits per heavy atom. The maximum absolute atomic E-state index is 12.3. The van der Waals surface area contributed by atoms with Crippen LogP contribution in [0.4, 0.5) is 0 Å². The third-order valence-corrected chi connectivity index (χ3v) is 4.50. The lowest BCUT2D eigenvalue weighted by atomic mass is 10.2. The normalized spacial score (nSPS) is 16.2. The fourth-order valence-electron chi connectivity index (χ4n) is 2.54. The summed E-state index contributed by atoms with van der Waals surface area (Å²) in [5, 5.41) is 1.18. The van der Waals surface area contributed by atoms with Crippen LogP contribution < -0.4 is 0 Å². The molecule has 3 rings (SSSR count). The topological polar surface area (TPSA) is 57.2 Å². The molecule has 0 saturated carbocycles. The Bertz CT molecular complexity index is 673. The molecular formula is C14H17Cl2N5O. The standard InChI is InChI=1S/C14H17Cl2N5O/c1-19-12(16)8-18-13(19)9-20-2-4-21(5-3-20)14(22)11-6-10(15)7-17-11/h6-8,17H,2-5,9H2,1H3. The minimum absolute atomic E-state index is 0.00779. The van der Waals surface area contributed by atoms with Gasteiger partial charge in [-0.25, -0.2) is 4.98 Å². The zero-order chi connectivity index (χ0) is 15.7. The summed E-state index contributed by atoms with van der Waals surface area (Å²) < 4.78 is 1.88. The summed E-state index contributed by atoms with van der Waals surface area (Å²) >= 11 is 11.8. The zero-order valence-electron chi connectivity index (χ0n) is 12.2. The minimum Gasteiger partial charge on any atom is -0.356 e. The lowest BCUT2D eigenvalue weighted by molar-refractivity contribution is 0.0619. The van der Waals surface area contributed by atoms with E-state index in [0.29, 0.717) is 29.0 Å². The van der Waals surface area contributed by atoms with Gasteiger partial charge in [-0.1, -0.05) is 23.2 Å². The third-order valence-electron chi connectivity index (χ3n) is 3.93. The molecule has 0 radical (unpaired) electrons. The van der Waals surface area contributed by atoms with Gasteiger partial charge in [-0.2, -0.15) is 0 Å². The van der Waals surface area contributed by atoms with Crippen LogP contribution in [0.3, 0.4) is 0 Å². The van der Waals surface area contributed by atoms with Crippen molar-refractivity contribution in [2.45, 2.75) is 6.54 Å². The van der Waals surface area contributed by atoms with Gasteiger partial charge in [-0.15, -0.1) is 0 Å². The van der Waals surface area contributed by atoms with Crippen LogP contribution in [0, 0.1) is 0 Å². The van der Waals surface area contributed by atoms with Crippen molar-refractivity contribution in [2.24, 2.45) is 7.05 Å². The molecule has 1 fully saturated rings. The monoisotopic (exact) mass is 341 g/mol. The average Bonchev–Trinajstić information content (AvgIpc) is 3.08. The molecule has 118 valence electrons. The molecule has 6 nitrogen and oxygen atoms in total. The van der Waals surface area contributed by atoms with Gasteiger partial charge >= 0.3 is 0 Å². The molecule has 1 N–H and O–H groups in total. The number of hydrogen-bond acceptors (Lipinski definition) is 3. The Balaban J connectivity index is 1.56. The summed E-state index contributed by atoms with van der Waals surface area (Å²) in [5.74, 6) is 0.924. The first-order valence-corrected chi connectivity index (χ1v) is 7.82. The number of aromatic amines is 1. The van der Waals surface area contributed by atoms with Gasteiger partial charge in [-0.05, 0) is 6.07 Å². The van der Waals surface area contributed by atoms with E-state index in [0.717, 1.165) is 25.5 Å². The van der Waals surface area contributed by atoms with Crippen LogP contribution in [0.25, 0.3) is 0 Å². The number of nitrogens with one attached hydrogen (secondary N) is 1. The molecule has 0 unspecified atom stereocenters. The van der Waals surface area contributed by atoms with Crippen LogP contribution in [0.1, 0.15) is 16.3 Å². The van der Waals surface area contributed by atoms with Crippen LogP contribution in [0.15, 0.2) is 18.5 Å². The van der Waals surface area contributed by atoms with Crippen LogP contribution in [-0.2, 0) is 13.6 Å². The molecule has 1 saturated heterocycles. The summed E-state index contributed by atoms with van der Waals surface area (Å²) in [6, 6.07) is 1.66. The molecule has 0 atom stereocenters. The van der Waals surface area contributed by atoms with Crippen LogP contribution in [0.5, 0.6) is 0 Å². The predicted molar refractivity (Wildman–Crippen MR) is 85.2 cm³/mol. The van der Waals surface area contributed by atoms with Gasteiger partial charge in [0.15, 0.2) is 0 Å². The number of amides is 1. The van der Waals surface area contributed by atoms with E-state index in [1.54, 1.807) is 18.5 Å². The van der Waals surface area contributed by atoms with Gasteiger partial charge in [0.25, 0.3) is 5.91 Å². The fraction of sp³-hybridized carbons (Fsp3) is 0.429. The SMILES string of the molecule is Cn1c(Cl)cnc1CN1CCN(C(=O)c2cc(Cl)c[nH]2)CC1. The van der Waals surface area contributed by atoms with Crippen molar-refractivity contribution in [3.05, 3.63) is 40.2 Å². The Kier molecular flexibility index (Phi) is 4.42. The molecule has 0 aromatic carbocycles. The van der Waals surface area contributed by atoms with E-state index < -0.39 is 0 Å². The number of rotatable bonds is 3. The molecule has 0 aliphatic carbocycles. The summed E-state index contributed by atoms with van der Waals surface area (Å²) in [5.41, 5.74) is 0.536. The van der Waals surface area contributed by atoms with Crippen LogP contribution in [-0.4, -0.2) is 56.4 Å². The number of aromatic nitrogens is 3. The number of imidazole rings is 1. The highest BCUT2D eigenvalue weighted by molar-refractivity contribution is 6.31. The quantitative estimate of drug-likeness (QED) is 0.928. The van der Waals surface area contributed by atoms with Crippen molar-refractivity contribution in [2.75, 3.05) is 26.2 Å². The number of hydrogen-bond donors (Lipinski definition) is 1. The van der Waals surface area contributed by atoms with E-state index in [4.69, 9.17) is 23.2 Å². The molecule has 0 spiro atoms. The molecule has 2 aromatic heterocycles. The molecule has 8 heteroatoms. The number of halogens is 2. The second kappa shape index (κ2) is 6.32. The van der Waals surface area contributed by atoms with Gasteiger partial charge in [-0.3, -0.25) is 9.69 Å². The lowest BCUT2D eigenvalue weighted by Gasteiger charge is -2.34. The van der Waals surface area contributed by atoms with Gasteiger partial charge < -0.3 is 14.5 Å². The van der Waals surface area contributed by atoms with Gasteiger partial charge in [0, 0.05) is 39.4 Å². The van der Waals surface area contributed by atoms with Crippen molar-refractivity contribution >= 4 is 29.1 Å². The Labute approximate surface area is 138 Å². The number of nitrogens with zero attached hydrogens (tertiary/aromatic N) is 4. The molecule has 0 bridgehead atoms. The van der Waals surface area contributed by atoms with E-state index in [1.165, 1.54) is 0 Å². The van der Waals surface area contributed by atoms with Crippen molar-refractivity contribution in [1.82, 2.24) is 24.3 Å². The number of carbonyl (C=O) groups excluding carboxylic acids is 1. The second-order valence-corrected chi connectivity index (χ2v) is 6.18. The van der Waals surface area contributed by atoms with Crippen LogP contribution >= 0.6 is 23.2 Å². The van der Waals surface area contributed by atoms with E-state index in [9.17, 15) is 4.79 Å². The number of H-pyrrole nitrogens is 1. The Morgan fingerprint density at radius 2 is 2.05 bits per heavy atom. The Hall–Kier alpha value is -1.50. The highest BCUT2D eigenvalue weighted by atomic mass is 35.5. The number of piperazine rings is 1. The highest BCUT2D eigenvalue weighted by Crippen LogP contribution is 2.15. The molecule has 2 aromatic rings. The maximum atomic E-state index is 12.3. The summed E-state index contributed by atoms with van der Waals surface area (Å²) in [6.45, 7) is 3.73. The van der Waals surface area contributed by atoms with E-state index in [2.05, 4.69) is 14.9 Å². The first-order valence-electron chi connectivity index (χ1n) is 7.06. The van der Waals surface area contributed by atoms with Gasteiger partial charge in [0.05, 0.1) is 17.8 Å². The van der Waals surface area contributed by atoms with E-state index >= 15 is 0 Å². The van der Waals surface area contributed by atoms with Crippen molar-refractivity contribution in [1.29, 1.82) is 0 Å². The zero-order valence-corrected chi connectivity index (χ0v) is 13.7. The molecule has 1 aliphatic heterocycles. The van der Waals surface area contributed by atoms with Crippen LogP contribution in [0.2, 0.25) is 10.2 Å². The third kappa shape index (κ3) is 3.14. The Morgan fingerprint density at radius 1 is 1.32 bits per heavy atom. The van der Waals surface area contributed by atoms with E-state index in [-0.39, 0.29) is 5.91 Å². The maximum Gasteiger partial charge on any atom is 0.270 e. The largest absolute Gasteiger partial charge is 0.356 e. The summed E-state index contributed by atoms with van der Waals surface area (Å²) in [4.78, 5) is 23.6. The van der Waals surface area contributed by atoms with Gasteiger partial charge in [0.2, 0.25) is 0 Å². The average molecular weight is 342 g/mol. The predicted octanol–water partition coefficient (Wildman–Crippen LogP) is 2.01. The second-order valence-electron chi connectivity index (χ2n) is 5.36. The highest BCUT2D eigenvalue weighted by Gasteiger charge is 2.23.